The number of allylic oxidation sites excluding steroid dienone is 2. The molecule has 31 heavy (non-hydrogen) atoms. The first-order valence-corrected chi connectivity index (χ1v) is 11.5. The Balaban J connectivity index is 1.57. The number of piperazine rings is 1. The molecule has 0 aliphatic carbocycles. The molecule has 170 valence electrons. The van der Waals surface area contributed by atoms with Gasteiger partial charge in [0, 0.05) is 58.6 Å². The molecular formula is C20H29FN6O3S. The van der Waals surface area contributed by atoms with Gasteiger partial charge in [-0.3, -0.25) is 20.7 Å². The number of halogens is 1. The number of benzene rings is 1. The van der Waals surface area contributed by atoms with Crippen LogP contribution in [0.2, 0.25) is 0 Å². The Bertz CT molecular complexity index is 958. The fourth-order valence-electron chi connectivity index (χ4n) is 3.42. The van der Waals surface area contributed by atoms with Gasteiger partial charge in [-0.15, -0.1) is 0 Å². The molecule has 0 radical (unpaired) electrons. The lowest BCUT2D eigenvalue weighted by Gasteiger charge is -2.35. The third kappa shape index (κ3) is 5.42. The fraction of sp³-hybridized carbons (Fsp3) is 0.450. The molecule has 2 heterocycles. The Morgan fingerprint density at radius 1 is 1.19 bits per heavy atom. The van der Waals surface area contributed by atoms with Gasteiger partial charge in [0.1, 0.15) is 0 Å². The van der Waals surface area contributed by atoms with E-state index in [9.17, 15) is 17.6 Å². The fourth-order valence-corrected chi connectivity index (χ4v) is 4.51. The molecular weight excluding hydrogens is 423 g/mol. The van der Waals surface area contributed by atoms with Crippen LogP contribution in [-0.2, 0) is 16.8 Å². The van der Waals surface area contributed by atoms with Crippen molar-refractivity contribution in [1.82, 2.24) is 23.8 Å². The molecule has 1 fully saturated rings. The summed E-state index contributed by atoms with van der Waals surface area (Å²) in [6.07, 6.45) is 7.15. The molecule has 0 spiro atoms. The van der Waals surface area contributed by atoms with Crippen molar-refractivity contribution in [3.8, 4) is 0 Å². The van der Waals surface area contributed by atoms with Crippen molar-refractivity contribution < 1.29 is 17.6 Å². The minimum atomic E-state index is -3.44. The topological polar surface area (TPSA) is 88.2 Å². The number of hydrogen-bond acceptors (Lipinski definition) is 5. The molecule has 0 bridgehead atoms. The summed E-state index contributed by atoms with van der Waals surface area (Å²) in [6, 6.07) is 4.46. The quantitative estimate of drug-likeness (QED) is 0.640. The molecule has 1 aromatic carbocycles. The molecule has 1 unspecified atom stereocenters. The molecule has 11 heteroatoms. The van der Waals surface area contributed by atoms with Crippen LogP contribution in [-0.4, -0.2) is 79.2 Å². The Morgan fingerprint density at radius 2 is 1.90 bits per heavy atom. The Kier molecular flexibility index (Phi) is 7.31. The van der Waals surface area contributed by atoms with Gasteiger partial charge in [0.05, 0.1) is 11.7 Å². The van der Waals surface area contributed by atoms with Crippen LogP contribution in [0.1, 0.15) is 12.5 Å². The lowest BCUT2D eigenvalue weighted by atomic mass is 10.1. The smallest absolute Gasteiger partial charge is 0.296 e. The molecule has 2 aliphatic rings. The van der Waals surface area contributed by atoms with Crippen LogP contribution >= 0.6 is 0 Å². The number of nitrogens with zero attached hydrogens (tertiary/aromatic N) is 4. The first kappa shape index (κ1) is 23.2. The summed E-state index contributed by atoms with van der Waals surface area (Å²) in [5.74, 6) is -0.451. The van der Waals surface area contributed by atoms with E-state index >= 15 is 0 Å². The largest absolute Gasteiger partial charge is 0.340 e. The monoisotopic (exact) mass is 452 g/mol. The first-order chi connectivity index (χ1) is 14.7. The number of anilines is 1. The third-order valence-corrected chi connectivity index (χ3v) is 7.26. The van der Waals surface area contributed by atoms with Crippen LogP contribution in [0.25, 0.3) is 0 Å². The molecule has 3 rings (SSSR count). The lowest BCUT2D eigenvalue weighted by molar-refractivity contribution is 0.175. The number of carbonyl (C=O) groups excluding carboxylic acids is 1. The van der Waals surface area contributed by atoms with E-state index in [1.165, 1.54) is 27.6 Å². The second-order valence-corrected chi connectivity index (χ2v) is 9.82. The summed E-state index contributed by atoms with van der Waals surface area (Å²) in [6.45, 7) is 3.95. The maximum atomic E-state index is 15.0. The van der Waals surface area contributed by atoms with Gasteiger partial charge in [-0.1, -0.05) is 24.3 Å². The van der Waals surface area contributed by atoms with Crippen molar-refractivity contribution in [3.63, 3.8) is 0 Å². The zero-order valence-electron chi connectivity index (χ0n) is 18.0. The van der Waals surface area contributed by atoms with Gasteiger partial charge < -0.3 is 0 Å². The molecule has 1 aromatic rings. The number of hydrogen-bond donors (Lipinski definition) is 2. The van der Waals surface area contributed by atoms with Crippen LogP contribution in [0.5, 0.6) is 0 Å². The van der Waals surface area contributed by atoms with E-state index in [1.54, 1.807) is 30.5 Å². The SMILES string of the molecule is CC1C=CC=CN1C(=O)NNc1cccc(CN2CCN(S(=O)(=O)N(C)C)CC2)c1F. The molecule has 0 saturated carbocycles. The number of carbonyl (C=O) groups is 1. The zero-order valence-corrected chi connectivity index (χ0v) is 18.8. The average molecular weight is 453 g/mol. The summed E-state index contributed by atoms with van der Waals surface area (Å²) in [5, 5.41) is 0. The van der Waals surface area contributed by atoms with Crippen molar-refractivity contribution in [2.45, 2.75) is 19.5 Å². The van der Waals surface area contributed by atoms with Crippen LogP contribution in [0, 0.1) is 5.82 Å². The maximum Gasteiger partial charge on any atom is 0.340 e. The van der Waals surface area contributed by atoms with Crippen molar-refractivity contribution >= 4 is 21.9 Å². The van der Waals surface area contributed by atoms with Crippen molar-refractivity contribution in [2.24, 2.45) is 0 Å². The first-order valence-electron chi connectivity index (χ1n) is 10.1. The normalized spacial score (nSPS) is 20.3. The minimum absolute atomic E-state index is 0.0991. The molecule has 2 N–H and O–H groups in total. The Labute approximate surface area is 182 Å². The number of rotatable bonds is 6. The Morgan fingerprint density at radius 3 is 2.55 bits per heavy atom. The summed E-state index contributed by atoms with van der Waals surface area (Å²) in [5.41, 5.74) is 5.83. The highest BCUT2D eigenvalue weighted by atomic mass is 32.2. The van der Waals surface area contributed by atoms with E-state index in [2.05, 4.69) is 10.9 Å². The zero-order chi connectivity index (χ0) is 22.6. The van der Waals surface area contributed by atoms with Gasteiger partial charge in [-0.25, -0.2) is 9.18 Å². The van der Waals surface area contributed by atoms with Crippen molar-refractivity contribution in [2.75, 3.05) is 45.7 Å². The number of hydrazine groups is 1. The third-order valence-electron chi connectivity index (χ3n) is 5.32. The predicted molar refractivity (Wildman–Crippen MR) is 118 cm³/mol. The molecule has 9 nitrogen and oxygen atoms in total. The van der Waals surface area contributed by atoms with E-state index in [0.717, 1.165) is 0 Å². The molecule has 2 aliphatic heterocycles. The second kappa shape index (κ2) is 9.77. The standard InChI is InChI=1S/C20H29FN6O3S/c1-16-7-4-5-10-27(16)20(28)23-22-18-9-6-8-17(19(18)21)15-25-11-13-26(14-12-25)31(29,30)24(2)3/h4-10,16,22H,11-15H2,1-3H3,(H,23,28). The molecule has 2 amide bonds. The number of urea groups is 1. The minimum Gasteiger partial charge on any atom is -0.296 e. The lowest BCUT2D eigenvalue weighted by Crippen LogP contribution is -2.51. The van der Waals surface area contributed by atoms with Crippen LogP contribution in [0.3, 0.4) is 0 Å². The highest BCUT2D eigenvalue weighted by Gasteiger charge is 2.29. The average Bonchev–Trinajstić information content (AvgIpc) is 2.74. The van der Waals surface area contributed by atoms with Crippen LogP contribution in [0.4, 0.5) is 14.9 Å². The van der Waals surface area contributed by atoms with E-state index in [-0.39, 0.29) is 11.7 Å². The van der Waals surface area contributed by atoms with Gasteiger partial charge in [0.2, 0.25) is 0 Å². The van der Waals surface area contributed by atoms with Crippen LogP contribution < -0.4 is 10.9 Å². The second-order valence-electron chi connectivity index (χ2n) is 7.67. The van der Waals surface area contributed by atoms with E-state index in [4.69, 9.17) is 0 Å². The van der Waals surface area contributed by atoms with Gasteiger partial charge >= 0.3 is 6.03 Å². The molecule has 0 aromatic heterocycles. The Hall–Kier alpha value is -2.47. The van der Waals surface area contributed by atoms with Crippen LogP contribution in [0.15, 0.2) is 42.6 Å². The summed E-state index contributed by atoms with van der Waals surface area (Å²) in [4.78, 5) is 15.8. The van der Waals surface area contributed by atoms with Gasteiger partial charge in [-0.05, 0) is 19.1 Å². The van der Waals surface area contributed by atoms with Gasteiger partial charge in [-0.2, -0.15) is 17.0 Å². The van der Waals surface area contributed by atoms with Gasteiger partial charge in [0.15, 0.2) is 5.82 Å². The van der Waals surface area contributed by atoms with Crippen molar-refractivity contribution in [1.29, 1.82) is 0 Å². The van der Waals surface area contributed by atoms with Gasteiger partial charge in [0.25, 0.3) is 10.2 Å². The summed E-state index contributed by atoms with van der Waals surface area (Å²) >= 11 is 0. The summed E-state index contributed by atoms with van der Waals surface area (Å²) in [7, 11) is -0.423. The number of nitrogens with one attached hydrogen (secondary N) is 2. The highest BCUT2D eigenvalue weighted by Crippen LogP contribution is 2.20. The predicted octanol–water partition coefficient (Wildman–Crippen LogP) is 1.56. The maximum absolute atomic E-state index is 15.0. The van der Waals surface area contributed by atoms with Crippen molar-refractivity contribution in [3.05, 3.63) is 54.0 Å². The van der Waals surface area contributed by atoms with E-state index in [0.29, 0.717) is 38.3 Å². The molecule has 1 saturated heterocycles. The number of amides is 2. The van der Waals surface area contributed by atoms with E-state index in [1.807, 2.05) is 24.0 Å². The highest BCUT2D eigenvalue weighted by molar-refractivity contribution is 7.86. The summed E-state index contributed by atoms with van der Waals surface area (Å²) < 4.78 is 42.1. The van der Waals surface area contributed by atoms with E-state index < -0.39 is 22.1 Å². The molecule has 1 atom stereocenters.